The Morgan fingerprint density at radius 2 is 1.52 bits per heavy atom. The van der Waals surface area contributed by atoms with Crippen molar-refractivity contribution in [2.75, 3.05) is 0 Å². The summed E-state index contributed by atoms with van der Waals surface area (Å²) in [5.74, 6) is 0. The summed E-state index contributed by atoms with van der Waals surface area (Å²) in [7, 11) is 0. The predicted octanol–water partition coefficient (Wildman–Crippen LogP) is 4.73. The van der Waals surface area contributed by atoms with Crippen LogP contribution in [0.4, 0.5) is 0 Å². The molecule has 0 spiro atoms. The molecule has 0 N–H and O–H groups in total. The quantitative estimate of drug-likeness (QED) is 0.789. The maximum absolute atomic E-state index is 5.10. The Labute approximate surface area is 138 Å². The SMILES string of the molecule is c1ccc2nc(=NC3CCCCC3)n(C3CCCCC3)c-2cc1. The smallest absolute Gasteiger partial charge is 0.226 e. The Bertz CT molecular complexity index is 676. The minimum absolute atomic E-state index is 0.483. The van der Waals surface area contributed by atoms with Gasteiger partial charge in [0.05, 0.1) is 17.4 Å². The van der Waals surface area contributed by atoms with E-state index in [9.17, 15) is 0 Å². The van der Waals surface area contributed by atoms with Gasteiger partial charge in [-0.1, -0.05) is 56.7 Å². The first kappa shape index (κ1) is 14.9. The van der Waals surface area contributed by atoms with Crippen LogP contribution in [0.25, 0.3) is 11.4 Å². The molecule has 3 nitrogen and oxygen atoms in total. The van der Waals surface area contributed by atoms with E-state index in [1.165, 1.54) is 69.9 Å². The summed E-state index contributed by atoms with van der Waals surface area (Å²) < 4.78 is 2.46. The highest BCUT2D eigenvalue weighted by molar-refractivity contribution is 5.55. The van der Waals surface area contributed by atoms with E-state index >= 15 is 0 Å². The van der Waals surface area contributed by atoms with E-state index < -0.39 is 0 Å². The van der Waals surface area contributed by atoms with Crippen molar-refractivity contribution >= 4 is 0 Å². The predicted molar refractivity (Wildman–Crippen MR) is 93.4 cm³/mol. The molecule has 0 aromatic carbocycles. The molecule has 122 valence electrons. The molecule has 0 amide bonds. The molecule has 4 aliphatic rings. The molecule has 3 heteroatoms. The zero-order valence-electron chi connectivity index (χ0n) is 14.0. The van der Waals surface area contributed by atoms with Crippen molar-refractivity contribution in [3.05, 3.63) is 36.0 Å². The van der Waals surface area contributed by atoms with Gasteiger partial charge in [0.1, 0.15) is 0 Å². The first-order valence-corrected chi connectivity index (χ1v) is 9.43. The molecule has 2 saturated carbocycles. The van der Waals surface area contributed by atoms with Crippen LogP contribution in [0.15, 0.2) is 35.3 Å². The fraction of sp³-hybridized carbons (Fsp3) is 0.600. The van der Waals surface area contributed by atoms with E-state index in [0.717, 1.165) is 11.3 Å². The molecule has 2 fully saturated rings. The molecule has 23 heavy (non-hydrogen) atoms. The van der Waals surface area contributed by atoms with E-state index in [-0.39, 0.29) is 0 Å². The van der Waals surface area contributed by atoms with Gasteiger partial charge in [0, 0.05) is 6.04 Å². The maximum Gasteiger partial charge on any atom is 0.226 e. The number of imidazole rings is 1. The van der Waals surface area contributed by atoms with Gasteiger partial charge in [-0.25, -0.2) is 9.98 Å². The minimum Gasteiger partial charge on any atom is -0.306 e. The second-order valence-electron chi connectivity index (χ2n) is 7.18. The Hall–Kier alpha value is -1.64. The molecule has 0 unspecified atom stereocenters. The number of fused-ring (bicyclic) bond motifs is 1. The molecule has 0 atom stereocenters. The highest BCUT2D eigenvalue weighted by Gasteiger charge is 2.22. The normalized spacial score (nSPS) is 21.8. The maximum atomic E-state index is 5.10. The standard InChI is InChI=1S/C20H27N3/c1-4-10-16(11-5-1)21-20-22-18-14-8-3-9-15-19(18)23(20)17-12-6-2-7-13-17/h3,8-9,14-17H,1-2,4-7,10-13H2. The average molecular weight is 309 g/mol. The van der Waals surface area contributed by atoms with Crippen molar-refractivity contribution in [2.45, 2.75) is 76.3 Å². The van der Waals surface area contributed by atoms with Gasteiger partial charge < -0.3 is 4.57 Å². The van der Waals surface area contributed by atoms with Crippen LogP contribution in [0.3, 0.4) is 0 Å². The van der Waals surface area contributed by atoms with E-state index in [0.29, 0.717) is 12.1 Å². The monoisotopic (exact) mass is 309 g/mol. The third kappa shape index (κ3) is 3.19. The molecule has 0 radical (unpaired) electrons. The fourth-order valence-corrected chi connectivity index (χ4v) is 4.26. The van der Waals surface area contributed by atoms with Crippen LogP contribution < -0.4 is 5.62 Å². The summed E-state index contributed by atoms with van der Waals surface area (Å²) >= 11 is 0. The van der Waals surface area contributed by atoms with Crippen LogP contribution in [0, 0.1) is 0 Å². The molecular formula is C20H27N3. The Morgan fingerprint density at radius 1 is 0.826 bits per heavy atom. The van der Waals surface area contributed by atoms with E-state index in [1.54, 1.807) is 0 Å². The lowest BCUT2D eigenvalue weighted by Crippen LogP contribution is -2.28. The average Bonchev–Trinajstić information content (AvgIpc) is 2.77. The van der Waals surface area contributed by atoms with Gasteiger partial charge in [-0.15, -0.1) is 0 Å². The summed E-state index contributed by atoms with van der Waals surface area (Å²) in [5.41, 5.74) is 3.34. The number of rotatable bonds is 2. The molecular weight excluding hydrogens is 282 g/mol. The zero-order valence-corrected chi connectivity index (χ0v) is 14.0. The molecule has 0 saturated heterocycles. The highest BCUT2D eigenvalue weighted by atomic mass is 15.2. The van der Waals surface area contributed by atoms with Gasteiger partial charge in [-0.3, -0.25) is 0 Å². The van der Waals surface area contributed by atoms with Crippen LogP contribution in [0.1, 0.15) is 70.3 Å². The van der Waals surface area contributed by atoms with E-state index in [2.05, 4.69) is 34.9 Å². The third-order valence-electron chi connectivity index (χ3n) is 5.50. The first-order chi connectivity index (χ1) is 11.4. The molecule has 1 heterocycles. The van der Waals surface area contributed by atoms with Crippen molar-refractivity contribution < 1.29 is 0 Å². The van der Waals surface area contributed by atoms with Crippen molar-refractivity contribution in [3.63, 3.8) is 0 Å². The largest absolute Gasteiger partial charge is 0.306 e. The number of hydrogen-bond donors (Lipinski definition) is 0. The van der Waals surface area contributed by atoms with Gasteiger partial charge in [-0.05, 0) is 37.8 Å². The summed E-state index contributed by atoms with van der Waals surface area (Å²) in [6.45, 7) is 0. The van der Waals surface area contributed by atoms with Crippen molar-refractivity contribution in [1.82, 2.24) is 9.55 Å². The highest BCUT2D eigenvalue weighted by Crippen LogP contribution is 2.31. The van der Waals surface area contributed by atoms with Crippen LogP contribution in [0.2, 0.25) is 0 Å². The topological polar surface area (TPSA) is 30.2 Å². The summed E-state index contributed by atoms with van der Waals surface area (Å²) in [4.78, 5) is 10.0. The van der Waals surface area contributed by atoms with Gasteiger partial charge in [-0.2, -0.15) is 0 Å². The molecule has 3 aliphatic carbocycles. The second kappa shape index (κ2) is 6.86. The van der Waals surface area contributed by atoms with Crippen LogP contribution in [0.5, 0.6) is 0 Å². The molecule has 4 rings (SSSR count). The lowest BCUT2D eigenvalue weighted by Gasteiger charge is -2.24. The lowest BCUT2D eigenvalue weighted by atomic mass is 9.95. The van der Waals surface area contributed by atoms with Gasteiger partial charge in [0.15, 0.2) is 0 Å². The summed E-state index contributed by atoms with van der Waals surface area (Å²) in [6.07, 6.45) is 13.1. The van der Waals surface area contributed by atoms with Crippen molar-refractivity contribution in [1.29, 1.82) is 0 Å². The van der Waals surface area contributed by atoms with E-state index in [4.69, 9.17) is 9.98 Å². The third-order valence-corrected chi connectivity index (χ3v) is 5.50. The number of hydrogen-bond acceptors (Lipinski definition) is 2. The summed E-state index contributed by atoms with van der Waals surface area (Å²) in [6, 6.07) is 11.7. The van der Waals surface area contributed by atoms with Crippen LogP contribution in [-0.2, 0) is 0 Å². The molecule has 0 bridgehead atoms. The fourth-order valence-electron chi connectivity index (χ4n) is 4.26. The van der Waals surface area contributed by atoms with Crippen molar-refractivity contribution in [2.24, 2.45) is 4.99 Å². The minimum atomic E-state index is 0.483. The van der Waals surface area contributed by atoms with Gasteiger partial charge in [0.2, 0.25) is 5.62 Å². The second-order valence-corrected chi connectivity index (χ2v) is 7.18. The van der Waals surface area contributed by atoms with Crippen LogP contribution in [-0.4, -0.2) is 15.6 Å². The molecule has 0 aromatic rings. The van der Waals surface area contributed by atoms with Crippen molar-refractivity contribution in [3.8, 4) is 11.4 Å². The van der Waals surface area contributed by atoms with Gasteiger partial charge >= 0.3 is 0 Å². The number of aromatic nitrogens is 2. The number of nitrogens with zero attached hydrogens (tertiary/aromatic N) is 3. The molecule has 0 aromatic heterocycles. The Balaban J connectivity index is 1.81. The first-order valence-electron chi connectivity index (χ1n) is 9.43. The Morgan fingerprint density at radius 3 is 2.30 bits per heavy atom. The van der Waals surface area contributed by atoms with E-state index in [1.807, 2.05) is 0 Å². The molecule has 1 aliphatic heterocycles. The Kier molecular flexibility index (Phi) is 4.45. The zero-order chi connectivity index (χ0) is 15.5. The summed E-state index contributed by atoms with van der Waals surface area (Å²) in [5, 5.41) is 0. The van der Waals surface area contributed by atoms with Gasteiger partial charge in [0.25, 0.3) is 0 Å². The van der Waals surface area contributed by atoms with Crippen LogP contribution >= 0.6 is 0 Å². The lowest BCUT2D eigenvalue weighted by molar-refractivity contribution is 0.343.